The standard InChI is InChI=1S/C15H22O2/c1-10-4-6-13(2)12(8-10)17-11-5-7-14(13,3)15(11)9-16-15/h8,11-12H,4-7,9H2,1-3H3/t11?,12-,13+,14?,15+/m1/s1. The third-order valence-electron chi connectivity index (χ3n) is 6.49. The summed E-state index contributed by atoms with van der Waals surface area (Å²) in [6, 6.07) is 0. The minimum atomic E-state index is 0.0807. The minimum absolute atomic E-state index is 0.0807. The van der Waals surface area contributed by atoms with Crippen molar-refractivity contribution in [3.63, 3.8) is 0 Å². The summed E-state index contributed by atoms with van der Waals surface area (Å²) in [5.41, 5.74) is 2.18. The topological polar surface area (TPSA) is 21.8 Å². The summed E-state index contributed by atoms with van der Waals surface area (Å²) in [5.74, 6) is 0. The van der Waals surface area contributed by atoms with Gasteiger partial charge in [0.2, 0.25) is 0 Å². The van der Waals surface area contributed by atoms with Gasteiger partial charge in [0.15, 0.2) is 0 Å². The molecule has 2 aliphatic carbocycles. The third-order valence-corrected chi connectivity index (χ3v) is 6.49. The Morgan fingerprint density at radius 3 is 2.76 bits per heavy atom. The van der Waals surface area contributed by atoms with Gasteiger partial charge in [0.1, 0.15) is 5.60 Å². The van der Waals surface area contributed by atoms with Gasteiger partial charge in [-0.05, 0) is 32.6 Å². The molecule has 5 atom stereocenters. The number of hydrogen-bond acceptors (Lipinski definition) is 2. The second-order valence-corrected chi connectivity index (χ2v) is 7.02. The summed E-state index contributed by atoms with van der Waals surface area (Å²) in [7, 11) is 0. The van der Waals surface area contributed by atoms with Crippen molar-refractivity contribution >= 4 is 0 Å². The van der Waals surface area contributed by atoms with Crippen molar-refractivity contribution in [1.82, 2.24) is 0 Å². The average Bonchev–Trinajstić information content (AvgIpc) is 3.03. The molecule has 1 spiro atoms. The number of ether oxygens (including phenoxy) is 2. The van der Waals surface area contributed by atoms with E-state index < -0.39 is 0 Å². The second-order valence-electron chi connectivity index (χ2n) is 7.02. The average molecular weight is 234 g/mol. The van der Waals surface area contributed by atoms with Crippen LogP contribution in [0.25, 0.3) is 0 Å². The summed E-state index contributed by atoms with van der Waals surface area (Å²) < 4.78 is 12.3. The third kappa shape index (κ3) is 0.978. The van der Waals surface area contributed by atoms with Crippen LogP contribution in [0.5, 0.6) is 0 Å². The van der Waals surface area contributed by atoms with Crippen LogP contribution in [0.4, 0.5) is 0 Å². The number of allylic oxidation sites excluding steroid dienone is 1. The van der Waals surface area contributed by atoms with Crippen molar-refractivity contribution in [2.24, 2.45) is 10.8 Å². The Balaban J connectivity index is 1.85. The Morgan fingerprint density at radius 1 is 1.29 bits per heavy atom. The van der Waals surface area contributed by atoms with Gasteiger partial charge in [-0.15, -0.1) is 0 Å². The van der Waals surface area contributed by atoms with Crippen LogP contribution >= 0.6 is 0 Å². The number of epoxide rings is 1. The first kappa shape index (κ1) is 10.6. The van der Waals surface area contributed by atoms with Crippen molar-refractivity contribution in [2.45, 2.75) is 64.3 Å². The SMILES string of the molecule is CC1=C[C@H]2OC3CCC(C)([C@]34CO4)[C@@]2(C)CC1. The molecule has 2 heteroatoms. The molecule has 0 aromatic heterocycles. The van der Waals surface area contributed by atoms with E-state index in [1.54, 1.807) is 0 Å². The van der Waals surface area contributed by atoms with E-state index in [1.807, 2.05) is 0 Å². The van der Waals surface area contributed by atoms with Gasteiger partial charge in [-0.25, -0.2) is 0 Å². The van der Waals surface area contributed by atoms with E-state index in [2.05, 4.69) is 26.8 Å². The molecular formula is C15H22O2. The lowest BCUT2D eigenvalue weighted by molar-refractivity contribution is -0.190. The molecule has 4 aliphatic rings. The van der Waals surface area contributed by atoms with Crippen molar-refractivity contribution in [3.05, 3.63) is 11.6 Å². The van der Waals surface area contributed by atoms with Crippen LogP contribution in [0.15, 0.2) is 11.6 Å². The van der Waals surface area contributed by atoms with E-state index in [1.165, 1.54) is 31.3 Å². The molecule has 4 rings (SSSR count). The highest BCUT2D eigenvalue weighted by Crippen LogP contribution is 2.71. The van der Waals surface area contributed by atoms with E-state index in [9.17, 15) is 0 Å². The Hall–Kier alpha value is -0.340. The largest absolute Gasteiger partial charge is 0.367 e. The van der Waals surface area contributed by atoms with Gasteiger partial charge in [0.25, 0.3) is 0 Å². The minimum Gasteiger partial charge on any atom is -0.367 e. The highest BCUT2D eigenvalue weighted by atomic mass is 16.6. The fraction of sp³-hybridized carbons (Fsp3) is 0.867. The maximum absolute atomic E-state index is 6.40. The van der Waals surface area contributed by atoms with E-state index in [-0.39, 0.29) is 11.0 Å². The second kappa shape index (κ2) is 2.80. The molecule has 17 heavy (non-hydrogen) atoms. The molecule has 2 unspecified atom stereocenters. The van der Waals surface area contributed by atoms with Gasteiger partial charge in [-0.1, -0.05) is 25.5 Å². The number of rotatable bonds is 0. The van der Waals surface area contributed by atoms with Crippen LogP contribution in [0.2, 0.25) is 0 Å². The van der Waals surface area contributed by atoms with Crippen molar-refractivity contribution < 1.29 is 9.47 Å². The Kier molecular flexibility index (Phi) is 1.74. The maximum Gasteiger partial charge on any atom is 0.124 e. The molecule has 2 nitrogen and oxygen atoms in total. The molecule has 0 N–H and O–H groups in total. The number of hydrogen-bond donors (Lipinski definition) is 0. The highest BCUT2D eigenvalue weighted by Gasteiger charge is 2.77. The summed E-state index contributed by atoms with van der Waals surface area (Å²) >= 11 is 0. The van der Waals surface area contributed by atoms with Crippen molar-refractivity contribution in [3.8, 4) is 0 Å². The normalized spacial score (nSPS) is 60.1. The van der Waals surface area contributed by atoms with Crippen LogP contribution in [0, 0.1) is 10.8 Å². The van der Waals surface area contributed by atoms with E-state index in [4.69, 9.17) is 9.47 Å². The summed E-state index contributed by atoms with van der Waals surface area (Å²) in [5, 5.41) is 0. The first-order valence-electron chi connectivity index (χ1n) is 6.99. The van der Waals surface area contributed by atoms with Crippen LogP contribution in [-0.4, -0.2) is 24.4 Å². The molecule has 2 heterocycles. The zero-order valence-electron chi connectivity index (χ0n) is 11.1. The molecule has 0 aromatic rings. The smallest absolute Gasteiger partial charge is 0.124 e. The lowest BCUT2D eigenvalue weighted by Gasteiger charge is -2.56. The summed E-state index contributed by atoms with van der Waals surface area (Å²) in [6.45, 7) is 8.07. The Morgan fingerprint density at radius 2 is 2.06 bits per heavy atom. The van der Waals surface area contributed by atoms with Crippen LogP contribution < -0.4 is 0 Å². The van der Waals surface area contributed by atoms with E-state index in [0.29, 0.717) is 17.6 Å². The van der Waals surface area contributed by atoms with Gasteiger partial charge in [0, 0.05) is 10.8 Å². The maximum atomic E-state index is 6.40. The quantitative estimate of drug-likeness (QED) is 0.474. The lowest BCUT2D eigenvalue weighted by Crippen LogP contribution is -2.61. The zero-order valence-corrected chi connectivity index (χ0v) is 11.1. The van der Waals surface area contributed by atoms with Crippen LogP contribution in [-0.2, 0) is 9.47 Å². The monoisotopic (exact) mass is 234 g/mol. The van der Waals surface area contributed by atoms with Gasteiger partial charge >= 0.3 is 0 Å². The lowest BCUT2D eigenvalue weighted by atomic mass is 9.53. The zero-order chi connectivity index (χ0) is 11.9. The fourth-order valence-electron chi connectivity index (χ4n) is 4.83. The Bertz CT molecular complexity index is 409. The molecule has 1 saturated carbocycles. The predicted molar refractivity (Wildman–Crippen MR) is 65.8 cm³/mol. The van der Waals surface area contributed by atoms with Crippen LogP contribution in [0.3, 0.4) is 0 Å². The van der Waals surface area contributed by atoms with Gasteiger partial charge < -0.3 is 9.47 Å². The van der Waals surface area contributed by atoms with Gasteiger partial charge in [0.05, 0.1) is 18.8 Å². The first-order chi connectivity index (χ1) is 8.02. The molecule has 0 aromatic carbocycles. The molecular weight excluding hydrogens is 212 g/mol. The molecule has 3 fully saturated rings. The van der Waals surface area contributed by atoms with Gasteiger partial charge in [-0.2, -0.15) is 0 Å². The van der Waals surface area contributed by atoms with Crippen molar-refractivity contribution in [2.75, 3.05) is 6.61 Å². The molecule has 0 radical (unpaired) electrons. The molecule has 0 amide bonds. The molecule has 2 aliphatic heterocycles. The van der Waals surface area contributed by atoms with Gasteiger partial charge in [-0.3, -0.25) is 0 Å². The number of fused-ring (bicyclic) bond motifs is 2. The molecule has 94 valence electrons. The Labute approximate surface area is 103 Å². The molecule has 2 bridgehead atoms. The van der Waals surface area contributed by atoms with E-state index in [0.717, 1.165) is 6.61 Å². The molecule has 2 saturated heterocycles. The fourth-order valence-corrected chi connectivity index (χ4v) is 4.83. The highest BCUT2D eigenvalue weighted by molar-refractivity contribution is 5.29. The van der Waals surface area contributed by atoms with Crippen LogP contribution in [0.1, 0.15) is 46.5 Å². The first-order valence-corrected chi connectivity index (χ1v) is 6.99. The summed E-state index contributed by atoms with van der Waals surface area (Å²) in [6.07, 6.45) is 8.01. The summed E-state index contributed by atoms with van der Waals surface area (Å²) in [4.78, 5) is 0. The van der Waals surface area contributed by atoms with E-state index >= 15 is 0 Å². The van der Waals surface area contributed by atoms with Crippen molar-refractivity contribution in [1.29, 1.82) is 0 Å². The predicted octanol–water partition coefficient (Wildman–Crippen LogP) is 3.07.